The van der Waals surface area contributed by atoms with E-state index in [1.807, 2.05) is 0 Å². The van der Waals surface area contributed by atoms with Crippen molar-refractivity contribution in [2.45, 2.75) is 32.7 Å². The van der Waals surface area contributed by atoms with Gasteiger partial charge >= 0.3 is 0 Å². The number of nitrogens with one attached hydrogen (secondary N) is 1. The van der Waals surface area contributed by atoms with Crippen LogP contribution >= 0.6 is 11.6 Å². The maximum absolute atomic E-state index is 5.66. The van der Waals surface area contributed by atoms with E-state index in [-0.39, 0.29) is 0 Å². The van der Waals surface area contributed by atoms with Gasteiger partial charge in [0.05, 0.1) is 0 Å². The van der Waals surface area contributed by atoms with Gasteiger partial charge in [-0.15, -0.1) is 0 Å². The van der Waals surface area contributed by atoms with Gasteiger partial charge in [0, 0.05) is 37.8 Å². The van der Waals surface area contributed by atoms with E-state index in [2.05, 4.69) is 24.1 Å². The van der Waals surface area contributed by atoms with E-state index < -0.39 is 0 Å². The van der Waals surface area contributed by atoms with Crippen LogP contribution in [0.4, 0.5) is 0 Å². The first kappa shape index (κ1) is 12.0. The SMILES string of the molecule is CCCC1CN(CC(C)=CCl)CCN1. The van der Waals surface area contributed by atoms with Crippen molar-refractivity contribution in [3.05, 3.63) is 11.1 Å². The van der Waals surface area contributed by atoms with Gasteiger partial charge in [-0.05, 0) is 18.9 Å². The first-order valence-electron chi connectivity index (χ1n) is 5.47. The fraction of sp³-hybridized carbons (Fsp3) is 0.818. The Labute approximate surface area is 92.3 Å². The highest BCUT2D eigenvalue weighted by Gasteiger charge is 2.17. The molecule has 0 radical (unpaired) electrons. The monoisotopic (exact) mass is 216 g/mol. The van der Waals surface area contributed by atoms with E-state index in [1.54, 1.807) is 5.54 Å². The van der Waals surface area contributed by atoms with Crippen LogP contribution in [0.5, 0.6) is 0 Å². The Morgan fingerprint density at radius 2 is 2.43 bits per heavy atom. The average Bonchev–Trinajstić information content (AvgIpc) is 2.19. The Kier molecular flexibility index (Phi) is 5.53. The van der Waals surface area contributed by atoms with Crippen LogP contribution in [0.15, 0.2) is 11.1 Å². The Hall–Kier alpha value is -0.0500. The molecule has 1 aliphatic heterocycles. The molecule has 0 spiro atoms. The highest BCUT2D eigenvalue weighted by Crippen LogP contribution is 2.07. The largest absolute Gasteiger partial charge is 0.311 e. The molecule has 1 N–H and O–H groups in total. The summed E-state index contributed by atoms with van der Waals surface area (Å²) >= 11 is 5.66. The van der Waals surface area contributed by atoms with Crippen molar-refractivity contribution in [1.82, 2.24) is 10.2 Å². The third-order valence-corrected chi connectivity index (χ3v) is 3.01. The number of halogens is 1. The predicted octanol–water partition coefficient (Wildman–Crippen LogP) is 2.20. The number of nitrogens with zero attached hydrogens (tertiary/aromatic N) is 1. The second-order valence-electron chi connectivity index (χ2n) is 4.13. The molecule has 1 saturated heterocycles. The second kappa shape index (κ2) is 6.44. The van der Waals surface area contributed by atoms with Gasteiger partial charge in [0.15, 0.2) is 0 Å². The van der Waals surface area contributed by atoms with Gasteiger partial charge in [-0.2, -0.15) is 0 Å². The third-order valence-electron chi connectivity index (χ3n) is 2.64. The topological polar surface area (TPSA) is 15.3 Å². The van der Waals surface area contributed by atoms with Crippen LogP contribution in [0.25, 0.3) is 0 Å². The highest BCUT2D eigenvalue weighted by atomic mass is 35.5. The lowest BCUT2D eigenvalue weighted by Crippen LogP contribution is -2.50. The first-order chi connectivity index (χ1) is 6.76. The number of hydrogen-bond donors (Lipinski definition) is 1. The highest BCUT2D eigenvalue weighted by molar-refractivity contribution is 6.25. The molecule has 0 aliphatic carbocycles. The molecule has 0 bridgehead atoms. The molecule has 3 heteroatoms. The summed E-state index contributed by atoms with van der Waals surface area (Å²) < 4.78 is 0. The van der Waals surface area contributed by atoms with E-state index >= 15 is 0 Å². The molecule has 1 fully saturated rings. The van der Waals surface area contributed by atoms with Crippen LogP contribution in [0, 0.1) is 0 Å². The summed E-state index contributed by atoms with van der Waals surface area (Å²) in [5.41, 5.74) is 2.94. The van der Waals surface area contributed by atoms with Gasteiger partial charge in [0.2, 0.25) is 0 Å². The van der Waals surface area contributed by atoms with E-state index in [0.717, 1.165) is 26.2 Å². The third kappa shape index (κ3) is 3.99. The van der Waals surface area contributed by atoms with E-state index in [9.17, 15) is 0 Å². The number of hydrogen-bond acceptors (Lipinski definition) is 2. The zero-order valence-corrected chi connectivity index (χ0v) is 9.98. The molecule has 0 aromatic rings. The molecule has 1 unspecified atom stereocenters. The van der Waals surface area contributed by atoms with Gasteiger partial charge in [-0.25, -0.2) is 0 Å². The van der Waals surface area contributed by atoms with E-state index in [0.29, 0.717) is 6.04 Å². The summed E-state index contributed by atoms with van der Waals surface area (Å²) in [5, 5.41) is 3.55. The van der Waals surface area contributed by atoms with Crippen LogP contribution in [-0.2, 0) is 0 Å². The standard InChI is InChI=1S/C11H21ClN2/c1-3-4-11-9-14(6-5-13-11)8-10(2)7-12/h7,11,13H,3-6,8-9H2,1-2H3. The summed E-state index contributed by atoms with van der Waals surface area (Å²) in [5.74, 6) is 0. The average molecular weight is 217 g/mol. The van der Waals surface area contributed by atoms with Crippen molar-refractivity contribution in [3.63, 3.8) is 0 Å². The Morgan fingerprint density at radius 1 is 1.64 bits per heavy atom. The fourth-order valence-electron chi connectivity index (χ4n) is 1.97. The molecular formula is C11H21ClN2. The van der Waals surface area contributed by atoms with Crippen LogP contribution in [0.2, 0.25) is 0 Å². The lowest BCUT2D eigenvalue weighted by atomic mass is 10.1. The lowest BCUT2D eigenvalue weighted by molar-refractivity contribution is 0.208. The van der Waals surface area contributed by atoms with Crippen LogP contribution < -0.4 is 5.32 Å². The van der Waals surface area contributed by atoms with Gasteiger partial charge in [0.25, 0.3) is 0 Å². The zero-order valence-electron chi connectivity index (χ0n) is 9.22. The molecule has 0 aromatic carbocycles. The van der Waals surface area contributed by atoms with Crippen molar-refractivity contribution >= 4 is 11.6 Å². The smallest absolute Gasteiger partial charge is 0.0203 e. The normalized spacial score (nSPS) is 25.4. The van der Waals surface area contributed by atoms with E-state index in [1.165, 1.54) is 18.4 Å². The molecule has 82 valence electrons. The maximum atomic E-state index is 5.66. The molecule has 1 aliphatic rings. The maximum Gasteiger partial charge on any atom is 0.0203 e. The van der Waals surface area contributed by atoms with Crippen molar-refractivity contribution in [3.8, 4) is 0 Å². The zero-order chi connectivity index (χ0) is 10.4. The van der Waals surface area contributed by atoms with Gasteiger partial charge in [0.1, 0.15) is 0 Å². The quantitative estimate of drug-likeness (QED) is 0.775. The molecule has 14 heavy (non-hydrogen) atoms. The summed E-state index contributed by atoms with van der Waals surface area (Å²) in [6, 6.07) is 0.678. The summed E-state index contributed by atoms with van der Waals surface area (Å²) in [7, 11) is 0. The fourth-order valence-corrected chi connectivity index (χ4v) is 2.04. The predicted molar refractivity (Wildman–Crippen MR) is 62.7 cm³/mol. The molecule has 0 aromatic heterocycles. The Bertz CT molecular complexity index is 190. The summed E-state index contributed by atoms with van der Waals surface area (Å²) in [4.78, 5) is 2.48. The van der Waals surface area contributed by atoms with Gasteiger partial charge < -0.3 is 5.32 Å². The van der Waals surface area contributed by atoms with Gasteiger partial charge in [-0.1, -0.05) is 24.9 Å². The molecule has 1 rings (SSSR count). The minimum atomic E-state index is 0.678. The lowest BCUT2D eigenvalue weighted by Gasteiger charge is -2.33. The van der Waals surface area contributed by atoms with Crippen LogP contribution in [0.3, 0.4) is 0 Å². The molecule has 1 atom stereocenters. The van der Waals surface area contributed by atoms with Gasteiger partial charge in [-0.3, -0.25) is 4.90 Å². The van der Waals surface area contributed by atoms with Crippen molar-refractivity contribution in [2.24, 2.45) is 0 Å². The van der Waals surface area contributed by atoms with Crippen molar-refractivity contribution in [1.29, 1.82) is 0 Å². The van der Waals surface area contributed by atoms with Crippen molar-refractivity contribution in [2.75, 3.05) is 26.2 Å². The summed E-state index contributed by atoms with van der Waals surface area (Å²) in [6.45, 7) is 8.76. The van der Waals surface area contributed by atoms with Crippen molar-refractivity contribution < 1.29 is 0 Å². The minimum absolute atomic E-state index is 0.678. The summed E-state index contributed by atoms with van der Waals surface area (Å²) in [6.07, 6.45) is 2.54. The van der Waals surface area contributed by atoms with Crippen LogP contribution in [0.1, 0.15) is 26.7 Å². The molecule has 0 saturated carbocycles. The second-order valence-corrected chi connectivity index (χ2v) is 4.35. The van der Waals surface area contributed by atoms with E-state index in [4.69, 9.17) is 11.6 Å². The Balaban J connectivity index is 2.32. The molecule has 1 heterocycles. The minimum Gasteiger partial charge on any atom is -0.311 e. The Morgan fingerprint density at radius 3 is 3.07 bits per heavy atom. The molecule has 0 amide bonds. The number of rotatable bonds is 4. The van der Waals surface area contributed by atoms with Crippen LogP contribution in [-0.4, -0.2) is 37.1 Å². The molecular weight excluding hydrogens is 196 g/mol. The molecule has 2 nitrogen and oxygen atoms in total. The number of piperazine rings is 1. The first-order valence-corrected chi connectivity index (χ1v) is 5.91.